The molecule has 0 bridgehead atoms. The fraction of sp³-hybridized carbons (Fsp3) is 0.692. The molecule has 2 rings (SSSR count). The Morgan fingerprint density at radius 2 is 2.00 bits per heavy atom. The first kappa shape index (κ1) is 13.2. The van der Waals surface area contributed by atoms with Crippen LogP contribution < -0.4 is 10.6 Å². The zero-order valence-electron chi connectivity index (χ0n) is 11.2. The van der Waals surface area contributed by atoms with Crippen molar-refractivity contribution in [2.75, 3.05) is 25.1 Å². The number of methoxy groups -OCH3 is 1. The Bertz CT molecular complexity index is 358. The average molecular weight is 250 g/mol. The van der Waals surface area contributed by atoms with Gasteiger partial charge < -0.3 is 15.4 Å². The van der Waals surface area contributed by atoms with Crippen LogP contribution in [0.4, 0.5) is 5.95 Å². The first-order valence-electron chi connectivity index (χ1n) is 6.53. The number of aromatic nitrogens is 2. The van der Waals surface area contributed by atoms with Crippen molar-refractivity contribution in [2.45, 2.75) is 38.3 Å². The fourth-order valence-corrected chi connectivity index (χ4v) is 2.28. The molecule has 1 aliphatic heterocycles. The van der Waals surface area contributed by atoms with Crippen molar-refractivity contribution >= 4 is 5.95 Å². The molecule has 0 aromatic carbocycles. The maximum Gasteiger partial charge on any atom is 0.225 e. The molecule has 1 aromatic rings. The lowest BCUT2D eigenvalue weighted by Crippen LogP contribution is -2.37. The van der Waals surface area contributed by atoms with Crippen LogP contribution in [0, 0.1) is 0 Å². The molecule has 5 heteroatoms. The van der Waals surface area contributed by atoms with E-state index in [1.807, 2.05) is 19.3 Å². The highest BCUT2D eigenvalue weighted by atomic mass is 16.5. The Morgan fingerprint density at radius 3 is 2.50 bits per heavy atom. The first-order valence-corrected chi connectivity index (χ1v) is 6.53. The van der Waals surface area contributed by atoms with E-state index in [1.54, 1.807) is 7.11 Å². The number of rotatable bonds is 4. The summed E-state index contributed by atoms with van der Waals surface area (Å²) < 4.78 is 5.36. The van der Waals surface area contributed by atoms with Gasteiger partial charge in [-0.25, -0.2) is 9.97 Å². The second kappa shape index (κ2) is 6.11. The van der Waals surface area contributed by atoms with Crippen LogP contribution in [0.1, 0.15) is 25.3 Å². The maximum atomic E-state index is 5.76. The topological polar surface area (TPSA) is 64.3 Å². The summed E-state index contributed by atoms with van der Waals surface area (Å²) in [5.41, 5.74) is 6.85. The van der Waals surface area contributed by atoms with E-state index in [1.165, 1.54) is 0 Å². The van der Waals surface area contributed by atoms with Crippen molar-refractivity contribution in [2.24, 2.45) is 5.73 Å². The molecule has 2 N–H and O–H groups in total. The van der Waals surface area contributed by atoms with Crippen LogP contribution in [0.2, 0.25) is 0 Å². The maximum absolute atomic E-state index is 5.76. The SMILES string of the molecule is COC1CCN(c2ncc(CC(C)N)cn2)CC1. The predicted octanol–water partition coefficient (Wildman–Crippen LogP) is 0.982. The minimum absolute atomic E-state index is 0.150. The van der Waals surface area contributed by atoms with Crippen molar-refractivity contribution in [3.05, 3.63) is 18.0 Å². The molecular weight excluding hydrogens is 228 g/mol. The summed E-state index contributed by atoms with van der Waals surface area (Å²) in [6.45, 7) is 3.92. The second-order valence-corrected chi connectivity index (χ2v) is 4.99. The second-order valence-electron chi connectivity index (χ2n) is 4.99. The summed E-state index contributed by atoms with van der Waals surface area (Å²) in [6.07, 6.45) is 7.07. The summed E-state index contributed by atoms with van der Waals surface area (Å²) in [5, 5.41) is 0. The quantitative estimate of drug-likeness (QED) is 0.863. The number of anilines is 1. The van der Waals surface area contributed by atoms with Crippen molar-refractivity contribution in [1.29, 1.82) is 0 Å². The predicted molar refractivity (Wildman–Crippen MR) is 71.6 cm³/mol. The standard InChI is InChI=1S/C13H22N4O/c1-10(14)7-11-8-15-13(16-9-11)17-5-3-12(18-2)4-6-17/h8-10,12H,3-7,14H2,1-2H3. The molecule has 0 amide bonds. The van der Waals surface area contributed by atoms with Crippen LogP contribution in [0.15, 0.2) is 12.4 Å². The van der Waals surface area contributed by atoms with E-state index in [4.69, 9.17) is 10.5 Å². The molecule has 0 saturated carbocycles. The summed E-state index contributed by atoms with van der Waals surface area (Å²) in [6, 6.07) is 0.150. The third-order valence-corrected chi connectivity index (χ3v) is 3.31. The van der Waals surface area contributed by atoms with E-state index in [-0.39, 0.29) is 6.04 Å². The molecule has 1 fully saturated rings. The van der Waals surface area contributed by atoms with Crippen molar-refractivity contribution in [1.82, 2.24) is 9.97 Å². The molecule has 1 saturated heterocycles. The Kier molecular flexibility index (Phi) is 4.49. The monoisotopic (exact) mass is 250 g/mol. The van der Waals surface area contributed by atoms with Gasteiger partial charge in [0.15, 0.2) is 0 Å². The minimum atomic E-state index is 0.150. The molecule has 0 radical (unpaired) electrons. The molecule has 1 aliphatic rings. The summed E-state index contributed by atoms with van der Waals surface area (Å²) in [5.74, 6) is 0.818. The highest BCUT2D eigenvalue weighted by Gasteiger charge is 2.20. The molecule has 100 valence electrons. The minimum Gasteiger partial charge on any atom is -0.381 e. The van der Waals surface area contributed by atoms with Gasteiger partial charge in [-0.2, -0.15) is 0 Å². The van der Waals surface area contributed by atoms with Gasteiger partial charge in [-0.3, -0.25) is 0 Å². The number of piperidine rings is 1. The van der Waals surface area contributed by atoms with Crippen molar-refractivity contribution < 1.29 is 4.74 Å². The van der Waals surface area contributed by atoms with E-state index < -0.39 is 0 Å². The van der Waals surface area contributed by atoms with E-state index in [9.17, 15) is 0 Å². The van der Waals surface area contributed by atoms with Crippen molar-refractivity contribution in [3.8, 4) is 0 Å². The lowest BCUT2D eigenvalue weighted by molar-refractivity contribution is 0.0816. The van der Waals surface area contributed by atoms with Crippen molar-refractivity contribution in [3.63, 3.8) is 0 Å². The van der Waals surface area contributed by atoms with Crippen LogP contribution in [0.3, 0.4) is 0 Å². The van der Waals surface area contributed by atoms with E-state index >= 15 is 0 Å². The Balaban J connectivity index is 1.93. The Labute approximate surface area is 108 Å². The molecule has 18 heavy (non-hydrogen) atoms. The largest absolute Gasteiger partial charge is 0.381 e. The van der Waals surface area contributed by atoms with Gasteiger partial charge in [-0.1, -0.05) is 0 Å². The van der Waals surface area contributed by atoms with Gasteiger partial charge in [0.1, 0.15) is 0 Å². The van der Waals surface area contributed by atoms with Gasteiger partial charge >= 0.3 is 0 Å². The fourth-order valence-electron chi connectivity index (χ4n) is 2.28. The van der Waals surface area contributed by atoms with Crippen LogP contribution in [-0.2, 0) is 11.2 Å². The highest BCUT2D eigenvalue weighted by molar-refractivity contribution is 5.30. The number of nitrogens with two attached hydrogens (primary N) is 1. The van der Waals surface area contributed by atoms with Crippen LogP contribution >= 0.6 is 0 Å². The summed E-state index contributed by atoms with van der Waals surface area (Å²) >= 11 is 0. The third kappa shape index (κ3) is 3.40. The normalized spacial score (nSPS) is 18.9. The van der Waals surface area contributed by atoms with E-state index in [0.29, 0.717) is 6.10 Å². The lowest BCUT2D eigenvalue weighted by atomic mass is 10.1. The highest BCUT2D eigenvalue weighted by Crippen LogP contribution is 2.17. The molecule has 1 atom stereocenters. The third-order valence-electron chi connectivity index (χ3n) is 3.31. The Morgan fingerprint density at radius 1 is 1.39 bits per heavy atom. The first-order chi connectivity index (χ1) is 8.69. The molecule has 0 aliphatic carbocycles. The van der Waals surface area contributed by atoms with Gasteiger partial charge in [0.2, 0.25) is 5.95 Å². The van der Waals surface area contributed by atoms with Gasteiger partial charge in [-0.05, 0) is 31.7 Å². The number of nitrogens with zero attached hydrogens (tertiary/aromatic N) is 3. The van der Waals surface area contributed by atoms with E-state index in [2.05, 4.69) is 14.9 Å². The van der Waals surface area contributed by atoms with Crippen LogP contribution in [0.5, 0.6) is 0 Å². The molecule has 1 unspecified atom stereocenters. The van der Waals surface area contributed by atoms with Crippen LogP contribution in [-0.4, -0.2) is 42.3 Å². The summed E-state index contributed by atoms with van der Waals surface area (Å²) in [4.78, 5) is 11.1. The van der Waals surface area contributed by atoms with Crippen LogP contribution in [0.25, 0.3) is 0 Å². The van der Waals surface area contributed by atoms with Gasteiger partial charge in [0.25, 0.3) is 0 Å². The molecule has 5 nitrogen and oxygen atoms in total. The Hall–Kier alpha value is -1.20. The van der Waals surface area contributed by atoms with E-state index in [0.717, 1.165) is 43.9 Å². The zero-order valence-corrected chi connectivity index (χ0v) is 11.2. The lowest BCUT2D eigenvalue weighted by Gasteiger charge is -2.31. The average Bonchev–Trinajstić information content (AvgIpc) is 2.39. The number of hydrogen-bond donors (Lipinski definition) is 1. The number of ether oxygens (including phenoxy) is 1. The smallest absolute Gasteiger partial charge is 0.225 e. The molecular formula is C13H22N4O. The molecule has 2 heterocycles. The summed E-state index contributed by atoms with van der Waals surface area (Å²) in [7, 11) is 1.78. The van der Waals surface area contributed by atoms with Gasteiger partial charge in [0, 0.05) is 38.6 Å². The number of hydrogen-bond acceptors (Lipinski definition) is 5. The zero-order chi connectivity index (χ0) is 13.0. The molecule has 0 spiro atoms. The van der Waals surface area contributed by atoms with Gasteiger partial charge in [0.05, 0.1) is 6.10 Å². The molecule has 1 aromatic heterocycles. The van der Waals surface area contributed by atoms with Gasteiger partial charge in [-0.15, -0.1) is 0 Å².